The molecule has 4 heteroatoms. The van der Waals surface area contributed by atoms with Crippen LogP contribution in [0.5, 0.6) is 0 Å². The highest BCUT2D eigenvalue weighted by Gasteiger charge is 2.17. The number of rotatable bonds is 2. The van der Waals surface area contributed by atoms with E-state index in [0.29, 0.717) is 6.04 Å². The number of nitrogens with one attached hydrogen (secondary N) is 1. The van der Waals surface area contributed by atoms with Gasteiger partial charge in [-0.05, 0) is 25.7 Å². The van der Waals surface area contributed by atoms with E-state index in [4.69, 9.17) is 4.74 Å². The molecule has 0 aromatic carbocycles. The molecule has 0 saturated carbocycles. The Morgan fingerprint density at radius 3 is 2.93 bits per heavy atom. The van der Waals surface area contributed by atoms with Crippen molar-refractivity contribution < 1.29 is 4.74 Å². The summed E-state index contributed by atoms with van der Waals surface area (Å²) in [5.41, 5.74) is 0. The second kappa shape index (κ2) is 5.03. The summed E-state index contributed by atoms with van der Waals surface area (Å²) in [4.78, 5) is 4.61. The molecule has 2 fully saturated rings. The fourth-order valence-electron chi connectivity index (χ4n) is 1.73. The standard InChI is InChI=1S/C10H18N2OS/c1-8-7-14-10(12-8)11-6-9-2-4-13-5-3-9/h8-9H,2-7H2,1H3,(H,11,12). The maximum Gasteiger partial charge on any atom is 0.156 e. The molecule has 0 radical (unpaired) electrons. The molecule has 0 aromatic heterocycles. The molecule has 1 unspecified atom stereocenters. The van der Waals surface area contributed by atoms with Crippen LogP contribution < -0.4 is 5.32 Å². The summed E-state index contributed by atoms with van der Waals surface area (Å²) in [5.74, 6) is 1.90. The van der Waals surface area contributed by atoms with Crippen molar-refractivity contribution in [2.45, 2.75) is 25.8 Å². The molecule has 2 heterocycles. The van der Waals surface area contributed by atoms with E-state index in [1.165, 1.54) is 12.8 Å². The van der Waals surface area contributed by atoms with Gasteiger partial charge in [-0.15, -0.1) is 0 Å². The Morgan fingerprint density at radius 1 is 1.50 bits per heavy atom. The largest absolute Gasteiger partial charge is 0.381 e. The number of amidine groups is 1. The van der Waals surface area contributed by atoms with Crippen molar-refractivity contribution in [3.8, 4) is 0 Å². The van der Waals surface area contributed by atoms with Crippen LogP contribution in [-0.4, -0.2) is 36.7 Å². The minimum atomic E-state index is 0.591. The highest BCUT2D eigenvalue weighted by atomic mass is 32.2. The summed E-state index contributed by atoms with van der Waals surface area (Å²) in [5, 5.41) is 4.52. The van der Waals surface area contributed by atoms with Gasteiger partial charge in [-0.2, -0.15) is 0 Å². The second-order valence-electron chi connectivity index (χ2n) is 4.06. The van der Waals surface area contributed by atoms with Gasteiger partial charge < -0.3 is 10.1 Å². The Bertz CT molecular complexity index is 214. The Hall–Kier alpha value is -0.220. The molecule has 1 atom stereocenters. The quantitative estimate of drug-likeness (QED) is 0.756. The summed E-state index contributed by atoms with van der Waals surface area (Å²) >= 11 is 1.85. The van der Waals surface area contributed by atoms with Gasteiger partial charge in [0.25, 0.3) is 0 Å². The van der Waals surface area contributed by atoms with Gasteiger partial charge >= 0.3 is 0 Å². The van der Waals surface area contributed by atoms with Crippen molar-refractivity contribution in [3.05, 3.63) is 0 Å². The van der Waals surface area contributed by atoms with Gasteiger partial charge in [0, 0.05) is 31.6 Å². The first-order valence-electron chi connectivity index (χ1n) is 5.36. The zero-order valence-corrected chi connectivity index (χ0v) is 9.48. The van der Waals surface area contributed by atoms with Gasteiger partial charge in [-0.25, -0.2) is 0 Å². The van der Waals surface area contributed by atoms with E-state index in [1.807, 2.05) is 11.8 Å². The van der Waals surface area contributed by atoms with E-state index < -0.39 is 0 Å². The van der Waals surface area contributed by atoms with Gasteiger partial charge in [-0.1, -0.05) is 11.8 Å². The molecular formula is C10H18N2OS. The topological polar surface area (TPSA) is 33.6 Å². The number of hydrogen-bond donors (Lipinski definition) is 1. The molecule has 2 aliphatic heterocycles. The summed E-state index contributed by atoms with van der Waals surface area (Å²) in [6.45, 7) is 5.02. The maximum atomic E-state index is 5.32. The molecular weight excluding hydrogens is 196 g/mol. The smallest absolute Gasteiger partial charge is 0.156 e. The Kier molecular flexibility index (Phi) is 3.70. The van der Waals surface area contributed by atoms with Crippen LogP contribution in [0.2, 0.25) is 0 Å². The molecule has 2 rings (SSSR count). The fourth-order valence-corrected chi connectivity index (χ4v) is 2.67. The predicted octanol–water partition coefficient (Wildman–Crippen LogP) is 1.49. The summed E-state index contributed by atoms with van der Waals surface area (Å²) < 4.78 is 5.32. The number of aliphatic imine (C=N–C) groups is 1. The molecule has 0 aromatic rings. The average Bonchev–Trinajstić information content (AvgIpc) is 2.63. The van der Waals surface area contributed by atoms with E-state index in [0.717, 1.165) is 36.6 Å². The summed E-state index contributed by atoms with van der Waals surface area (Å²) in [6.07, 6.45) is 2.36. The molecule has 0 spiro atoms. The third-order valence-corrected chi connectivity index (χ3v) is 3.86. The Morgan fingerprint density at radius 2 is 2.29 bits per heavy atom. The monoisotopic (exact) mass is 214 g/mol. The first kappa shape index (κ1) is 10.3. The van der Waals surface area contributed by atoms with Crippen LogP contribution in [0.1, 0.15) is 19.8 Å². The van der Waals surface area contributed by atoms with E-state index >= 15 is 0 Å². The van der Waals surface area contributed by atoms with Crippen molar-refractivity contribution >= 4 is 16.9 Å². The second-order valence-corrected chi connectivity index (χ2v) is 5.07. The lowest BCUT2D eigenvalue weighted by Crippen LogP contribution is -2.24. The van der Waals surface area contributed by atoms with Crippen molar-refractivity contribution in [2.24, 2.45) is 10.9 Å². The highest BCUT2D eigenvalue weighted by molar-refractivity contribution is 8.14. The lowest BCUT2D eigenvalue weighted by Gasteiger charge is -2.20. The van der Waals surface area contributed by atoms with Gasteiger partial charge in [0.2, 0.25) is 0 Å². The van der Waals surface area contributed by atoms with Crippen molar-refractivity contribution in [2.75, 3.05) is 25.5 Å². The number of thioether (sulfide) groups is 1. The van der Waals surface area contributed by atoms with Crippen LogP contribution >= 0.6 is 11.8 Å². The third kappa shape index (κ3) is 2.89. The Balaban J connectivity index is 1.74. The lowest BCUT2D eigenvalue weighted by atomic mass is 10.0. The van der Waals surface area contributed by atoms with Crippen molar-refractivity contribution in [3.63, 3.8) is 0 Å². The van der Waals surface area contributed by atoms with Crippen molar-refractivity contribution in [1.82, 2.24) is 5.32 Å². The zero-order chi connectivity index (χ0) is 9.80. The van der Waals surface area contributed by atoms with E-state index in [1.54, 1.807) is 0 Å². The van der Waals surface area contributed by atoms with E-state index in [9.17, 15) is 0 Å². The summed E-state index contributed by atoms with van der Waals surface area (Å²) in [6, 6.07) is 0.591. The molecule has 0 amide bonds. The molecule has 2 saturated heterocycles. The normalized spacial score (nSPS) is 32.1. The van der Waals surface area contributed by atoms with Crippen LogP contribution in [0, 0.1) is 5.92 Å². The average molecular weight is 214 g/mol. The van der Waals surface area contributed by atoms with E-state index in [-0.39, 0.29) is 0 Å². The highest BCUT2D eigenvalue weighted by Crippen LogP contribution is 2.17. The lowest BCUT2D eigenvalue weighted by molar-refractivity contribution is 0.0689. The molecule has 0 bridgehead atoms. The molecule has 14 heavy (non-hydrogen) atoms. The van der Waals surface area contributed by atoms with E-state index in [2.05, 4.69) is 17.2 Å². The minimum absolute atomic E-state index is 0.591. The van der Waals surface area contributed by atoms with Gasteiger partial charge in [0.1, 0.15) is 0 Å². The van der Waals surface area contributed by atoms with Crippen LogP contribution in [0.4, 0.5) is 0 Å². The minimum Gasteiger partial charge on any atom is -0.381 e. The van der Waals surface area contributed by atoms with Gasteiger partial charge in [0.15, 0.2) is 5.17 Å². The summed E-state index contributed by atoms with van der Waals surface area (Å²) in [7, 11) is 0. The number of ether oxygens (including phenoxy) is 1. The molecule has 0 aliphatic carbocycles. The van der Waals surface area contributed by atoms with Gasteiger partial charge in [-0.3, -0.25) is 4.99 Å². The Labute approximate surface area is 89.7 Å². The fraction of sp³-hybridized carbons (Fsp3) is 0.900. The first-order chi connectivity index (χ1) is 6.84. The van der Waals surface area contributed by atoms with Gasteiger partial charge in [0.05, 0.1) is 0 Å². The van der Waals surface area contributed by atoms with Crippen LogP contribution in [0.15, 0.2) is 4.99 Å². The number of nitrogens with zero attached hydrogens (tertiary/aromatic N) is 1. The predicted molar refractivity (Wildman–Crippen MR) is 60.9 cm³/mol. The van der Waals surface area contributed by atoms with Crippen LogP contribution in [0.25, 0.3) is 0 Å². The first-order valence-corrected chi connectivity index (χ1v) is 6.34. The molecule has 80 valence electrons. The SMILES string of the molecule is CC1CSC(=NCC2CCOCC2)N1. The van der Waals surface area contributed by atoms with Crippen LogP contribution in [-0.2, 0) is 4.74 Å². The maximum absolute atomic E-state index is 5.32. The molecule has 1 N–H and O–H groups in total. The van der Waals surface area contributed by atoms with Crippen LogP contribution in [0.3, 0.4) is 0 Å². The molecule has 2 aliphatic rings. The number of hydrogen-bond acceptors (Lipinski definition) is 3. The molecule has 3 nitrogen and oxygen atoms in total. The van der Waals surface area contributed by atoms with Crippen molar-refractivity contribution in [1.29, 1.82) is 0 Å². The zero-order valence-electron chi connectivity index (χ0n) is 8.66. The third-order valence-electron chi connectivity index (χ3n) is 2.67.